The maximum absolute atomic E-state index is 5.00. The van der Waals surface area contributed by atoms with Crippen LogP contribution >= 0.6 is 0 Å². The van der Waals surface area contributed by atoms with Crippen LogP contribution in [0, 0.1) is 0 Å². The Morgan fingerprint density at radius 3 is 3.25 bits per heavy atom. The van der Waals surface area contributed by atoms with Crippen LogP contribution in [0.2, 0.25) is 0 Å². The fourth-order valence-electron chi connectivity index (χ4n) is 1.74. The Morgan fingerprint density at radius 1 is 1.44 bits per heavy atom. The highest BCUT2D eigenvalue weighted by Crippen LogP contribution is 2.14. The molecule has 0 unspecified atom stereocenters. The number of aromatic amines is 1. The molecule has 0 spiro atoms. The monoisotopic (exact) mass is 219 g/mol. The quantitative estimate of drug-likeness (QED) is 0.727. The molecule has 0 aliphatic heterocycles. The summed E-state index contributed by atoms with van der Waals surface area (Å²) >= 11 is 0. The lowest BCUT2D eigenvalue weighted by Gasteiger charge is -2.05. The van der Waals surface area contributed by atoms with Gasteiger partial charge < -0.3 is 10.1 Å². The van der Waals surface area contributed by atoms with Gasteiger partial charge in [0.2, 0.25) is 0 Å². The third-order valence-electron chi connectivity index (χ3n) is 2.58. The third-order valence-corrected chi connectivity index (χ3v) is 2.58. The Hall–Kier alpha value is -1.39. The van der Waals surface area contributed by atoms with E-state index in [1.165, 1.54) is 5.56 Å². The minimum absolute atomic E-state index is 0.807. The van der Waals surface area contributed by atoms with Crippen molar-refractivity contribution in [3.8, 4) is 0 Å². The first-order valence-corrected chi connectivity index (χ1v) is 5.52. The van der Waals surface area contributed by atoms with Gasteiger partial charge in [-0.25, -0.2) is 0 Å². The molecule has 0 amide bonds. The summed E-state index contributed by atoms with van der Waals surface area (Å²) in [5.41, 5.74) is 2.38. The van der Waals surface area contributed by atoms with Gasteiger partial charge in [0.1, 0.15) is 0 Å². The number of nitrogens with zero attached hydrogens (tertiary/aromatic N) is 1. The van der Waals surface area contributed by atoms with Crippen molar-refractivity contribution in [2.75, 3.05) is 20.3 Å². The van der Waals surface area contributed by atoms with E-state index in [2.05, 4.69) is 33.7 Å². The molecule has 0 saturated carbocycles. The minimum Gasteiger partial charge on any atom is -0.385 e. The number of para-hydroxylation sites is 1. The van der Waals surface area contributed by atoms with E-state index in [-0.39, 0.29) is 0 Å². The predicted octanol–water partition coefficient (Wildman–Crippen LogP) is 1.69. The van der Waals surface area contributed by atoms with E-state index in [9.17, 15) is 0 Å². The Balaban J connectivity index is 1.91. The van der Waals surface area contributed by atoms with Crippen molar-refractivity contribution in [2.45, 2.75) is 13.0 Å². The van der Waals surface area contributed by atoms with Gasteiger partial charge in [-0.1, -0.05) is 18.2 Å². The number of H-pyrrole nitrogens is 1. The summed E-state index contributed by atoms with van der Waals surface area (Å²) in [4.78, 5) is 0. The fourth-order valence-corrected chi connectivity index (χ4v) is 1.74. The average Bonchev–Trinajstić information content (AvgIpc) is 2.77. The summed E-state index contributed by atoms with van der Waals surface area (Å²) in [6, 6.07) is 6.24. The number of rotatable bonds is 6. The lowest BCUT2D eigenvalue weighted by Crippen LogP contribution is -2.16. The van der Waals surface area contributed by atoms with E-state index in [0.717, 1.165) is 37.0 Å². The number of ether oxygens (including phenoxy) is 1. The van der Waals surface area contributed by atoms with Gasteiger partial charge in [0.15, 0.2) is 0 Å². The molecule has 4 nitrogen and oxygen atoms in total. The van der Waals surface area contributed by atoms with Crippen molar-refractivity contribution >= 4 is 10.9 Å². The zero-order valence-electron chi connectivity index (χ0n) is 9.49. The van der Waals surface area contributed by atoms with Crippen LogP contribution in [0.5, 0.6) is 0 Å². The van der Waals surface area contributed by atoms with Crippen molar-refractivity contribution in [1.82, 2.24) is 15.5 Å². The minimum atomic E-state index is 0.807. The Bertz CT molecular complexity index is 439. The highest BCUT2D eigenvalue weighted by atomic mass is 16.5. The van der Waals surface area contributed by atoms with E-state index in [0.29, 0.717) is 0 Å². The van der Waals surface area contributed by atoms with Gasteiger partial charge in [0.05, 0.1) is 11.7 Å². The van der Waals surface area contributed by atoms with E-state index in [1.807, 2.05) is 6.20 Å². The van der Waals surface area contributed by atoms with Crippen LogP contribution in [0.3, 0.4) is 0 Å². The maximum Gasteiger partial charge on any atom is 0.0695 e. The highest BCUT2D eigenvalue weighted by Gasteiger charge is 2.01. The topological polar surface area (TPSA) is 49.9 Å². The van der Waals surface area contributed by atoms with E-state index < -0.39 is 0 Å². The first-order chi connectivity index (χ1) is 7.92. The first kappa shape index (κ1) is 11.1. The molecule has 1 aromatic heterocycles. The SMILES string of the molecule is COCCCNCc1cccc2cn[nH]c12. The Kier molecular flexibility index (Phi) is 3.91. The fraction of sp³-hybridized carbons (Fsp3) is 0.417. The van der Waals surface area contributed by atoms with Crippen LogP contribution < -0.4 is 5.32 Å². The molecule has 0 atom stereocenters. The predicted molar refractivity (Wildman–Crippen MR) is 64.3 cm³/mol. The van der Waals surface area contributed by atoms with Crippen LogP contribution in [0.15, 0.2) is 24.4 Å². The molecule has 1 heterocycles. The summed E-state index contributed by atoms with van der Waals surface area (Å²) in [6.07, 6.45) is 2.89. The summed E-state index contributed by atoms with van der Waals surface area (Å²) in [5.74, 6) is 0. The average molecular weight is 219 g/mol. The molecule has 4 heteroatoms. The molecule has 2 aromatic rings. The number of fused-ring (bicyclic) bond motifs is 1. The zero-order valence-corrected chi connectivity index (χ0v) is 9.49. The van der Waals surface area contributed by atoms with Crippen molar-refractivity contribution < 1.29 is 4.74 Å². The number of benzene rings is 1. The lowest BCUT2D eigenvalue weighted by atomic mass is 10.1. The molecule has 0 aliphatic carbocycles. The van der Waals surface area contributed by atoms with Gasteiger partial charge in [-0.05, 0) is 18.5 Å². The Morgan fingerprint density at radius 2 is 2.38 bits per heavy atom. The van der Waals surface area contributed by atoms with Crippen molar-refractivity contribution in [3.05, 3.63) is 30.0 Å². The van der Waals surface area contributed by atoms with Crippen LogP contribution in [0.4, 0.5) is 0 Å². The highest BCUT2D eigenvalue weighted by molar-refractivity contribution is 5.81. The normalized spacial score (nSPS) is 11.1. The summed E-state index contributed by atoms with van der Waals surface area (Å²) in [5, 5.41) is 11.6. The molecule has 16 heavy (non-hydrogen) atoms. The third kappa shape index (κ3) is 2.59. The molecule has 0 saturated heterocycles. The largest absolute Gasteiger partial charge is 0.385 e. The number of nitrogens with one attached hydrogen (secondary N) is 2. The molecular weight excluding hydrogens is 202 g/mol. The molecule has 0 aliphatic rings. The van der Waals surface area contributed by atoms with E-state index in [1.54, 1.807) is 7.11 Å². The summed E-state index contributed by atoms with van der Waals surface area (Å²) in [7, 11) is 1.73. The van der Waals surface area contributed by atoms with Gasteiger partial charge in [-0.3, -0.25) is 5.10 Å². The molecule has 1 aromatic carbocycles. The second-order valence-electron chi connectivity index (χ2n) is 3.77. The van der Waals surface area contributed by atoms with Gasteiger partial charge in [-0.15, -0.1) is 0 Å². The van der Waals surface area contributed by atoms with Crippen molar-refractivity contribution in [3.63, 3.8) is 0 Å². The van der Waals surface area contributed by atoms with Gasteiger partial charge in [0.25, 0.3) is 0 Å². The van der Waals surface area contributed by atoms with Crippen LogP contribution in [0.1, 0.15) is 12.0 Å². The molecule has 0 fully saturated rings. The number of hydrogen-bond acceptors (Lipinski definition) is 3. The number of methoxy groups -OCH3 is 1. The number of aromatic nitrogens is 2. The van der Waals surface area contributed by atoms with Gasteiger partial charge in [0, 0.05) is 25.6 Å². The van der Waals surface area contributed by atoms with Crippen LogP contribution in [-0.2, 0) is 11.3 Å². The van der Waals surface area contributed by atoms with Crippen molar-refractivity contribution in [1.29, 1.82) is 0 Å². The maximum atomic E-state index is 5.00. The van der Waals surface area contributed by atoms with Crippen LogP contribution in [-0.4, -0.2) is 30.5 Å². The summed E-state index contributed by atoms with van der Waals surface area (Å²) < 4.78 is 5.00. The standard InChI is InChI=1S/C12H17N3O/c1-16-7-3-6-13-8-10-4-2-5-11-9-14-15-12(10)11/h2,4-5,9,13H,3,6-8H2,1H3,(H,14,15). The van der Waals surface area contributed by atoms with E-state index >= 15 is 0 Å². The molecule has 2 N–H and O–H groups in total. The van der Waals surface area contributed by atoms with Crippen molar-refractivity contribution in [2.24, 2.45) is 0 Å². The smallest absolute Gasteiger partial charge is 0.0695 e. The van der Waals surface area contributed by atoms with Crippen LogP contribution in [0.25, 0.3) is 10.9 Å². The van der Waals surface area contributed by atoms with E-state index in [4.69, 9.17) is 4.74 Å². The number of hydrogen-bond donors (Lipinski definition) is 2. The summed E-state index contributed by atoms with van der Waals surface area (Å²) in [6.45, 7) is 2.64. The van der Waals surface area contributed by atoms with Gasteiger partial charge >= 0.3 is 0 Å². The lowest BCUT2D eigenvalue weighted by molar-refractivity contribution is 0.194. The first-order valence-electron chi connectivity index (χ1n) is 5.52. The molecule has 2 rings (SSSR count). The second kappa shape index (κ2) is 5.63. The Labute approximate surface area is 95.0 Å². The molecular formula is C12H17N3O. The zero-order chi connectivity index (χ0) is 11.2. The molecule has 0 bridgehead atoms. The second-order valence-corrected chi connectivity index (χ2v) is 3.77. The molecule has 86 valence electrons. The molecule has 0 radical (unpaired) electrons. The van der Waals surface area contributed by atoms with Gasteiger partial charge in [-0.2, -0.15) is 5.10 Å².